The summed E-state index contributed by atoms with van der Waals surface area (Å²) in [7, 11) is 3.91. The maximum absolute atomic E-state index is 10.7. The number of carbonyl (C=O) groups excluding carboxylic acids is 1. The zero-order chi connectivity index (χ0) is 16.5. The van der Waals surface area contributed by atoms with Gasteiger partial charge in [0.05, 0.1) is 0 Å². The van der Waals surface area contributed by atoms with Gasteiger partial charge in [-0.1, -0.05) is 0 Å². The summed E-state index contributed by atoms with van der Waals surface area (Å²) < 4.78 is 5.67. The number of carbonyl (C=O) groups is 1. The van der Waals surface area contributed by atoms with Gasteiger partial charge in [-0.05, 0) is 0 Å². The van der Waals surface area contributed by atoms with E-state index >= 15 is 0 Å². The van der Waals surface area contributed by atoms with Crippen molar-refractivity contribution in [3.63, 3.8) is 0 Å². The van der Waals surface area contributed by atoms with Gasteiger partial charge in [0, 0.05) is 0 Å². The number of amides is 1. The van der Waals surface area contributed by atoms with Gasteiger partial charge in [0.2, 0.25) is 0 Å². The van der Waals surface area contributed by atoms with Gasteiger partial charge >= 0.3 is 138 Å². The maximum atomic E-state index is 10.7. The van der Waals surface area contributed by atoms with Gasteiger partial charge in [-0.15, -0.1) is 0 Å². The summed E-state index contributed by atoms with van der Waals surface area (Å²) in [4.78, 5) is 10.7. The first kappa shape index (κ1) is 21.4. The minimum absolute atomic E-state index is 0.0265. The van der Waals surface area contributed by atoms with Crippen LogP contribution in [-0.2, 0) is 9.53 Å². The van der Waals surface area contributed by atoms with Crippen LogP contribution in [0.15, 0.2) is 0 Å². The van der Waals surface area contributed by atoms with E-state index in [0.29, 0.717) is 19.1 Å². The molecular weight excluding hydrogens is 273 g/mol. The van der Waals surface area contributed by atoms with Crippen LogP contribution in [0.2, 0.25) is 0 Å². The summed E-state index contributed by atoms with van der Waals surface area (Å²) in [5.41, 5.74) is 0. The van der Waals surface area contributed by atoms with Crippen LogP contribution in [0.25, 0.3) is 0 Å². The molecule has 0 saturated carbocycles. The van der Waals surface area contributed by atoms with E-state index in [0.717, 1.165) is 13.0 Å². The summed E-state index contributed by atoms with van der Waals surface area (Å²) in [5.74, 6) is 2.52. The third kappa shape index (κ3) is 15.7. The van der Waals surface area contributed by atoms with E-state index in [1.54, 1.807) is 6.92 Å². The van der Waals surface area contributed by atoms with Crippen LogP contribution in [-0.4, -0.2) is 39.1 Å². The fourth-order valence-corrected chi connectivity index (χ4v) is 2.48. The molecule has 22 heavy (non-hydrogen) atoms. The first-order valence-electron chi connectivity index (χ1n) is 9.15. The predicted octanol–water partition coefficient (Wildman–Crippen LogP) is 3.38. The third-order valence-corrected chi connectivity index (χ3v) is 3.93. The Bertz CT molecular complexity index is 272. The van der Waals surface area contributed by atoms with Gasteiger partial charge in [0.1, 0.15) is 0 Å². The van der Waals surface area contributed by atoms with E-state index in [4.69, 9.17) is 4.74 Å². The van der Waals surface area contributed by atoms with E-state index in [9.17, 15) is 4.79 Å². The molecule has 0 aliphatic heterocycles. The van der Waals surface area contributed by atoms with Crippen molar-refractivity contribution < 1.29 is 9.53 Å². The number of unbranched alkanes of at least 4 members (excludes halogenated alkanes) is 7. The number of ether oxygens (including phenoxy) is 1. The van der Waals surface area contributed by atoms with Crippen LogP contribution >= 0.6 is 0 Å². The van der Waals surface area contributed by atoms with Gasteiger partial charge in [0.15, 0.2) is 0 Å². The summed E-state index contributed by atoms with van der Waals surface area (Å²) in [5, 5.41) is 2.78. The fraction of sp³-hybridized carbons (Fsp3) is 0.889. The molecule has 0 aromatic rings. The molecule has 1 amide bonds. The van der Waals surface area contributed by atoms with Crippen molar-refractivity contribution in [3.8, 4) is 0 Å². The van der Waals surface area contributed by atoms with Crippen LogP contribution < -0.4 is 5.32 Å². The molecule has 0 fully saturated rings. The van der Waals surface area contributed by atoms with Crippen molar-refractivity contribution in [2.45, 2.75) is 78.1 Å². The molecular formula is C18H36BNO2. The average molecular weight is 309 g/mol. The van der Waals surface area contributed by atoms with Crippen molar-refractivity contribution in [1.29, 1.82) is 0 Å². The molecule has 4 heteroatoms. The van der Waals surface area contributed by atoms with Crippen LogP contribution in [0, 0.1) is 5.92 Å². The molecule has 0 saturated heterocycles. The summed E-state index contributed by atoms with van der Waals surface area (Å²) >= 11 is 0. The topological polar surface area (TPSA) is 38.3 Å². The van der Waals surface area contributed by atoms with E-state index in [1.165, 1.54) is 57.8 Å². The Morgan fingerprint density at radius 3 is 2.32 bits per heavy atom. The SMILES string of the molecule is B=CC(CCCCCCCCCC)COCCCNC(C)=O. The van der Waals surface area contributed by atoms with E-state index in [2.05, 4.69) is 19.7 Å². The molecule has 3 nitrogen and oxygen atoms in total. The minimum atomic E-state index is 0.0265. The Labute approximate surface area is 138 Å². The molecule has 0 heterocycles. The number of rotatable bonds is 16. The molecule has 0 aromatic heterocycles. The van der Waals surface area contributed by atoms with Crippen molar-refractivity contribution in [2.24, 2.45) is 5.92 Å². The van der Waals surface area contributed by atoms with Crippen LogP contribution in [0.3, 0.4) is 0 Å². The first-order valence-corrected chi connectivity index (χ1v) is 9.15. The van der Waals surface area contributed by atoms with Gasteiger partial charge in [-0.25, -0.2) is 0 Å². The van der Waals surface area contributed by atoms with Crippen molar-refractivity contribution in [1.82, 2.24) is 5.32 Å². The summed E-state index contributed by atoms with van der Waals surface area (Å²) in [6.07, 6.45) is 12.9. The Morgan fingerprint density at radius 1 is 1.09 bits per heavy atom. The fourth-order valence-electron chi connectivity index (χ4n) is 2.48. The van der Waals surface area contributed by atoms with Gasteiger partial charge in [-0.2, -0.15) is 0 Å². The predicted molar refractivity (Wildman–Crippen MR) is 98.0 cm³/mol. The number of nitrogens with one attached hydrogen (secondary N) is 1. The quantitative estimate of drug-likeness (QED) is 0.351. The Morgan fingerprint density at radius 2 is 1.73 bits per heavy atom. The molecule has 0 radical (unpaired) electrons. The molecule has 0 spiro atoms. The molecule has 1 unspecified atom stereocenters. The van der Waals surface area contributed by atoms with Crippen LogP contribution in [0.1, 0.15) is 78.1 Å². The monoisotopic (exact) mass is 309 g/mol. The Kier molecular flexibility index (Phi) is 16.2. The molecule has 128 valence electrons. The summed E-state index contributed by atoms with van der Waals surface area (Å²) in [6, 6.07) is 0. The van der Waals surface area contributed by atoms with E-state index < -0.39 is 0 Å². The zero-order valence-electron chi connectivity index (χ0n) is 14.9. The van der Waals surface area contributed by atoms with E-state index in [-0.39, 0.29) is 5.91 Å². The third-order valence-electron chi connectivity index (χ3n) is 3.93. The van der Waals surface area contributed by atoms with Crippen LogP contribution in [0.5, 0.6) is 0 Å². The summed E-state index contributed by atoms with van der Waals surface area (Å²) in [6.45, 7) is 5.98. The first-order chi connectivity index (χ1) is 10.7. The molecule has 0 bridgehead atoms. The average Bonchev–Trinajstić information content (AvgIpc) is 2.50. The molecule has 1 N–H and O–H groups in total. The number of hydrogen-bond donors (Lipinski definition) is 1. The van der Waals surface area contributed by atoms with Crippen LogP contribution in [0.4, 0.5) is 0 Å². The molecule has 0 aromatic carbocycles. The van der Waals surface area contributed by atoms with Gasteiger partial charge in [-0.3, -0.25) is 0 Å². The normalized spacial score (nSPS) is 12.0. The van der Waals surface area contributed by atoms with Gasteiger partial charge in [0.25, 0.3) is 0 Å². The molecule has 0 aliphatic rings. The number of hydrogen-bond acceptors (Lipinski definition) is 2. The second-order valence-corrected chi connectivity index (χ2v) is 6.17. The Balaban J connectivity index is 3.36. The van der Waals surface area contributed by atoms with Crippen molar-refractivity contribution in [2.75, 3.05) is 19.8 Å². The Hall–Kier alpha value is -0.635. The molecule has 0 rings (SSSR count). The standard InChI is InChI=1S/C18H36BNO2/c1-3-4-5-6-7-8-9-10-12-18(15-19)16-22-14-11-13-20-17(2)21/h15,18-19H,3-14,16H2,1-2H3,(H,20,21). The molecule has 0 aliphatic carbocycles. The van der Waals surface area contributed by atoms with Gasteiger partial charge < -0.3 is 0 Å². The van der Waals surface area contributed by atoms with Crippen molar-refractivity contribution in [3.05, 3.63) is 0 Å². The zero-order valence-corrected chi connectivity index (χ0v) is 14.9. The second-order valence-electron chi connectivity index (χ2n) is 6.17. The molecule has 1 atom stereocenters. The van der Waals surface area contributed by atoms with E-state index in [1.807, 2.05) is 5.97 Å². The second kappa shape index (κ2) is 16.7. The van der Waals surface area contributed by atoms with Crippen molar-refractivity contribution >= 4 is 19.4 Å².